The molecular weight excluding hydrogens is 416 g/mol. The van der Waals surface area contributed by atoms with Crippen molar-refractivity contribution in [2.24, 2.45) is 0 Å². The second-order valence-corrected chi connectivity index (χ2v) is 8.39. The minimum absolute atomic E-state index is 0.0186. The summed E-state index contributed by atoms with van der Waals surface area (Å²) in [6.45, 7) is 8.09. The van der Waals surface area contributed by atoms with Crippen LogP contribution in [0, 0.1) is 6.92 Å². The number of amides is 2. The van der Waals surface area contributed by atoms with E-state index in [0.29, 0.717) is 19.4 Å². The number of hydrogen-bond donors (Lipinski definition) is 1. The number of carbonyl (C=O) groups is 2. The topological polar surface area (TPSA) is 49.4 Å². The van der Waals surface area contributed by atoms with E-state index >= 15 is 0 Å². The monoisotopic (exact) mass is 444 g/mol. The lowest BCUT2D eigenvalue weighted by Crippen LogP contribution is -2.49. The Kier molecular flexibility index (Phi) is 8.24. The lowest BCUT2D eigenvalue weighted by molar-refractivity contribution is -0.140. The van der Waals surface area contributed by atoms with Gasteiger partial charge in [0.2, 0.25) is 11.8 Å². The van der Waals surface area contributed by atoms with Gasteiger partial charge in [0.25, 0.3) is 0 Å². The summed E-state index contributed by atoms with van der Waals surface area (Å²) in [5, 5.41) is 2.91. The van der Waals surface area contributed by atoms with E-state index in [1.165, 1.54) is 5.56 Å². The maximum absolute atomic E-state index is 13.0. The molecular formula is C23H29BrN2O2. The third kappa shape index (κ3) is 6.79. The predicted molar refractivity (Wildman–Crippen MR) is 117 cm³/mol. The van der Waals surface area contributed by atoms with Gasteiger partial charge in [-0.05, 0) is 57.4 Å². The second kappa shape index (κ2) is 10.4. The van der Waals surface area contributed by atoms with E-state index in [1.807, 2.05) is 45.0 Å². The molecule has 0 bridgehead atoms. The molecule has 2 amide bonds. The zero-order valence-corrected chi connectivity index (χ0v) is 18.6. The summed E-state index contributed by atoms with van der Waals surface area (Å²) in [6, 6.07) is 15.5. The average molecular weight is 445 g/mol. The zero-order valence-electron chi connectivity index (χ0n) is 17.0. The van der Waals surface area contributed by atoms with Crippen LogP contribution >= 0.6 is 15.9 Å². The summed E-state index contributed by atoms with van der Waals surface area (Å²) < 4.78 is 0.985. The van der Waals surface area contributed by atoms with Gasteiger partial charge in [-0.25, -0.2) is 0 Å². The van der Waals surface area contributed by atoms with Crippen LogP contribution in [0.2, 0.25) is 0 Å². The quantitative estimate of drug-likeness (QED) is 0.644. The molecule has 0 aliphatic heterocycles. The van der Waals surface area contributed by atoms with Gasteiger partial charge in [0.05, 0.1) is 0 Å². The van der Waals surface area contributed by atoms with E-state index in [4.69, 9.17) is 0 Å². The van der Waals surface area contributed by atoms with E-state index in [0.717, 1.165) is 15.6 Å². The number of nitrogens with one attached hydrogen (secondary N) is 1. The van der Waals surface area contributed by atoms with Gasteiger partial charge < -0.3 is 10.2 Å². The number of carbonyl (C=O) groups excluding carboxylic acids is 2. The fraction of sp³-hybridized carbons (Fsp3) is 0.391. The Bertz CT molecular complexity index is 785. The van der Waals surface area contributed by atoms with Crippen LogP contribution in [0.25, 0.3) is 0 Å². The van der Waals surface area contributed by atoms with E-state index in [1.54, 1.807) is 11.8 Å². The fourth-order valence-electron chi connectivity index (χ4n) is 2.92. The first-order valence-electron chi connectivity index (χ1n) is 9.66. The molecule has 0 fully saturated rings. The summed E-state index contributed by atoms with van der Waals surface area (Å²) in [5.74, 6) is -0.148. The van der Waals surface area contributed by atoms with Crippen molar-refractivity contribution in [3.63, 3.8) is 0 Å². The number of rotatable bonds is 8. The minimum atomic E-state index is -0.531. The summed E-state index contributed by atoms with van der Waals surface area (Å²) in [5.41, 5.74) is 3.32. The highest BCUT2D eigenvalue weighted by atomic mass is 79.9. The number of halogens is 1. The standard InChI is InChI=1S/C23H29BrN2O2/c1-16(2)25-23(28)18(4)26(15-20-9-12-21(24)13-10-20)22(27)14-11-19-7-5-17(3)6-8-19/h5-10,12-13,16,18H,11,14-15H2,1-4H3,(H,25,28)/t18-/m1/s1. The first-order valence-corrected chi connectivity index (χ1v) is 10.5. The van der Waals surface area contributed by atoms with Gasteiger partial charge in [0.15, 0.2) is 0 Å². The van der Waals surface area contributed by atoms with Gasteiger partial charge in [-0.2, -0.15) is 0 Å². The maximum Gasteiger partial charge on any atom is 0.242 e. The van der Waals surface area contributed by atoms with Crippen molar-refractivity contribution in [2.45, 2.75) is 59.2 Å². The smallest absolute Gasteiger partial charge is 0.242 e. The third-order valence-electron chi connectivity index (χ3n) is 4.61. The Morgan fingerprint density at radius 1 is 0.964 bits per heavy atom. The van der Waals surface area contributed by atoms with Crippen LogP contribution in [-0.4, -0.2) is 28.8 Å². The van der Waals surface area contributed by atoms with Crippen LogP contribution in [0.1, 0.15) is 43.9 Å². The predicted octanol–water partition coefficient (Wildman–Crippen LogP) is 4.63. The van der Waals surface area contributed by atoms with Crippen molar-refractivity contribution in [3.05, 3.63) is 69.7 Å². The van der Waals surface area contributed by atoms with Gasteiger partial charge in [-0.15, -0.1) is 0 Å². The lowest BCUT2D eigenvalue weighted by atomic mass is 10.1. The minimum Gasteiger partial charge on any atom is -0.352 e. The number of aryl methyl sites for hydroxylation is 2. The summed E-state index contributed by atoms with van der Waals surface area (Å²) in [7, 11) is 0. The van der Waals surface area contributed by atoms with Crippen molar-refractivity contribution in [1.82, 2.24) is 10.2 Å². The van der Waals surface area contributed by atoms with Crippen LogP contribution in [0.15, 0.2) is 53.0 Å². The first-order chi connectivity index (χ1) is 13.3. The van der Waals surface area contributed by atoms with Crippen molar-refractivity contribution in [3.8, 4) is 0 Å². The molecule has 5 heteroatoms. The van der Waals surface area contributed by atoms with Crippen molar-refractivity contribution >= 4 is 27.7 Å². The van der Waals surface area contributed by atoms with E-state index in [-0.39, 0.29) is 17.9 Å². The molecule has 2 aromatic rings. The fourth-order valence-corrected chi connectivity index (χ4v) is 3.19. The lowest BCUT2D eigenvalue weighted by Gasteiger charge is -2.29. The zero-order chi connectivity index (χ0) is 20.7. The highest BCUT2D eigenvalue weighted by molar-refractivity contribution is 9.10. The molecule has 0 aromatic heterocycles. The van der Waals surface area contributed by atoms with Crippen LogP contribution in [0.5, 0.6) is 0 Å². The van der Waals surface area contributed by atoms with Crippen molar-refractivity contribution in [2.75, 3.05) is 0 Å². The summed E-state index contributed by atoms with van der Waals surface area (Å²) >= 11 is 3.43. The molecule has 0 saturated heterocycles. The Morgan fingerprint density at radius 3 is 2.11 bits per heavy atom. The van der Waals surface area contributed by atoms with Crippen LogP contribution in [-0.2, 0) is 22.6 Å². The molecule has 1 atom stereocenters. The SMILES string of the molecule is Cc1ccc(CCC(=O)N(Cc2ccc(Br)cc2)[C@H](C)C(=O)NC(C)C)cc1. The molecule has 1 N–H and O–H groups in total. The summed E-state index contributed by atoms with van der Waals surface area (Å²) in [6.07, 6.45) is 1.04. The molecule has 0 unspecified atom stereocenters. The van der Waals surface area contributed by atoms with Crippen molar-refractivity contribution in [1.29, 1.82) is 0 Å². The van der Waals surface area contributed by atoms with E-state index in [9.17, 15) is 9.59 Å². The van der Waals surface area contributed by atoms with Crippen molar-refractivity contribution < 1.29 is 9.59 Å². The Labute approximate surface area is 176 Å². The largest absolute Gasteiger partial charge is 0.352 e. The molecule has 0 spiro atoms. The molecule has 0 heterocycles. The normalized spacial score (nSPS) is 11.9. The second-order valence-electron chi connectivity index (χ2n) is 7.47. The average Bonchev–Trinajstić information content (AvgIpc) is 2.65. The van der Waals surface area contributed by atoms with Gasteiger partial charge in [-0.3, -0.25) is 9.59 Å². The van der Waals surface area contributed by atoms with Gasteiger partial charge in [-0.1, -0.05) is 57.9 Å². The third-order valence-corrected chi connectivity index (χ3v) is 5.14. The van der Waals surface area contributed by atoms with E-state index < -0.39 is 6.04 Å². The number of nitrogens with zero attached hydrogens (tertiary/aromatic N) is 1. The van der Waals surface area contributed by atoms with Gasteiger partial charge >= 0.3 is 0 Å². The highest BCUT2D eigenvalue weighted by Gasteiger charge is 2.26. The van der Waals surface area contributed by atoms with Crippen LogP contribution in [0.4, 0.5) is 0 Å². The van der Waals surface area contributed by atoms with E-state index in [2.05, 4.69) is 45.5 Å². The van der Waals surface area contributed by atoms with Gasteiger partial charge in [0, 0.05) is 23.5 Å². The van der Waals surface area contributed by atoms with Gasteiger partial charge in [0.1, 0.15) is 6.04 Å². The molecule has 2 aromatic carbocycles. The Hall–Kier alpha value is -2.14. The maximum atomic E-state index is 13.0. The molecule has 0 aliphatic rings. The summed E-state index contributed by atoms with van der Waals surface area (Å²) in [4.78, 5) is 27.2. The number of benzene rings is 2. The van der Waals surface area contributed by atoms with Crippen LogP contribution in [0.3, 0.4) is 0 Å². The highest BCUT2D eigenvalue weighted by Crippen LogP contribution is 2.16. The first kappa shape index (κ1) is 22.2. The van der Waals surface area contributed by atoms with Crippen LogP contribution < -0.4 is 5.32 Å². The Morgan fingerprint density at radius 2 is 1.54 bits per heavy atom. The Balaban J connectivity index is 2.12. The molecule has 0 radical (unpaired) electrons. The molecule has 150 valence electrons. The molecule has 28 heavy (non-hydrogen) atoms. The molecule has 2 rings (SSSR count). The molecule has 0 saturated carbocycles. The molecule has 4 nitrogen and oxygen atoms in total. The number of hydrogen-bond acceptors (Lipinski definition) is 2. The molecule has 0 aliphatic carbocycles.